The maximum atomic E-state index is 13.3. The van der Waals surface area contributed by atoms with Crippen molar-refractivity contribution >= 4 is 101 Å². The van der Waals surface area contributed by atoms with Crippen molar-refractivity contribution < 1.29 is 107 Å². The third-order valence-corrected chi connectivity index (χ3v) is 24.2. The number of cyclic esters (lactones) is 2. The van der Waals surface area contributed by atoms with Crippen molar-refractivity contribution in [3.63, 3.8) is 0 Å². The fraction of sp³-hybridized carbons (Fsp3) is 0.561. The van der Waals surface area contributed by atoms with Gasteiger partial charge in [-0.3, -0.25) is 62.5 Å². The second-order valence-corrected chi connectivity index (χ2v) is 40.8. The number of nitrogens with one attached hydrogen (secondary N) is 4. The zero-order chi connectivity index (χ0) is 107. The summed E-state index contributed by atoms with van der Waals surface area (Å²) in [6.07, 6.45) is 10.4. The van der Waals surface area contributed by atoms with Gasteiger partial charge in [0.2, 0.25) is 35.9 Å². The minimum absolute atomic E-state index is 0.0941. The van der Waals surface area contributed by atoms with Gasteiger partial charge in [0.1, 0.15) is 36.3 Å². The normalized spacial score (nSPS) is 15.0. The molecule has 7 rings (SSSR count). The van der Waals surface area contributed by atoms with Gasteiger partial charge in [-0.2, -0.15) is 23.5 Å². The van der Waals surface area contributed by atoms with Gasteiger partial charge >= 0.3 is 36.1 Å². The third-order valence-electron chi connectivity index (χ3n) is 22.3. The second kappa shape index (κ2) is 69.1. The molecule has 2 saturated heterocycles. The number of thioether (sulfide) groups is 2. The molecule has 0 spiro atoms. The van der Waals surface area contributed by atoms with E-state index in [0.29, 0.717) is 82.0 Å². The Morgan fingerprint density at radius 3 is 1.13 bits per heavy atom. The molecule has 5 aromatic carbocycles. The van der Waals surface area contributed by atoms with Crippen LogP contribution in [0.15, 0.2) is 176 Å². The Labute approximate surface area is 846 Å². The minimum atomic E-state index is -1.31. The van der Waals surface area contributed by atoms with Gasteiger partial charge in [0, 0.05) is 70.5 Å². The van der Waals surface area contributed by atoms with Gasteiger partial charge in [-0.1, -0.05) is 299 Å². The Morgan fingerprint density at radius 2 is 0.801 bits per heavy atom. The molecule has 0 radical (unpaired) electrons. The summed E-state index contributed by atoms with van der Waals surface area (Å²) in [6, 6.07) is 47.1. The largest absolute Gasteiger partial charge is 0.481 e. The number of carboxylic acid groups (broad SMARTS) is 4. The van der Waals surface area contributed by atoms with E-state index in [-0.39, 0.29) is 89.4 Å². The first-order valence-electron chi connectivity index (χ1n) is 48.4. The average Bonchev–Trinajstić information content (AvgIpc) is 1.62. The molecule has 141 heavy (non-hydrogen) atoms. The van der Waals surface area contributed by atoms with Crippen molar-refractivity contribution in [3.05, 3.63) is 204 Å². The van der Waals surface area contributed by atoms with Crippen LogP contribution in [0.4, 0.5) is 9.59 Å². The summed E-state index contributed by atoms with van der Waals surface area (Å²) in [5, 5.41) is 39.8. The molecule has 0 bridgehead atoms. The molecule has 2 aliphatic heterocycles. The van der Waals surface area contributed by atoms with Crippen LogP contribution < -0.4 is 21.6 Å². The monoisotopic (exact) mass is 2010 g/mol. The molecule has 2 aliphatic rings. The zero-order valence-corrected chi connectivity index (χ0v) is 89.2. The quantitative estimate of drug-likeness (QED) is 0.00589. The van der Waals surface area contributed by atoms with Gasteiger partial charge < -0.3 is 55.2 Å². The van der Waals surface area contributed by atoms with E-state index >= 15 is 0 Å². The number of carboxylic acids is 4. The molecule has 5 aromatic rings. The lowest BCUT2D eigenvalue weighted by Gasteiger charge is -2.34. The van der Waals surface area contributed by atoms with Gasteiger partial charge in [-0.15, -0.1) is 0 Å². The number of hydroxylamine groups is 4. The summed E-state index contributed by atoms with van der Waals surface area (Å²) >= 11 is 3.17. The number of unbranched alkanes of at least 4 members (excludes halogenated alkanes) is 4. The van der Waals surface area contributed by atoms with Crippen LogP contribution in [0.5, 0.6) is 0 Å². The first kappa shape index (κ1) is 128. The van der Waals surface area contributed by atoms with Crippen molar-refractivity contribution in [2.75, 3.05) is 91.5 Å². The van der Waals surface area contributed by atoms with Gasteiger partial charge in [0.25, 0.3) is 5.91 Å². The number of carbonyl (C=O) groups excluding carboxylic acids is 9. The number of ether oxygens (including phenoxy) is 2. The lowest BCUT2D eigenvalue weighted by Crippen LogP contribution is -2.55. The van der Waals surface area contributed by atoms with Crippen molar-refractivity contribution in [2.45, 2.75) is 262 Å². The van der Waals surface area contributed by atoms with E-state index in [1.54, 1.807) is 51.7 Å². The van der Waals surface area contributed by atoms with Crippen molar-refractivity contribution in [1.82, 2.24) is 51.2 Å². The summed E-state index contributed by atoms with van der Waals surface area (Å²) in [5.41, 5.74) is 9.37. The summed E-state index contributed by atoms with van der Waals surface area (Å²) in [7, 11) is 10.7. The van der Waals surface area contributed by atoms with E-state index in [1.807, 2.05) is 261 Å². The molecule has 786 valence electrons. The predicted molar refractivity (Wildman–Crippen MR) is 555 cm³/mol. The Hall–Kier alpha value is -10.8. The topological polar surface area (TPSA) is 417 Å². The van der Waals surface area contributed by atoms with E-state index in [1.165, 1.54) is 24.7 Å². The van der Waals surface area contributed by atoms with Crippen LogP contribution in [0.1, 0.15) is 222 Å². The van der Waals surface area contributed by atoms with Gasteiger partial charge in [-0.25, -0.2) is 40.2 Å². The van der Waals surface area contributed by atoms with E-state index in [9.17, 15) is 62.3 Å². The number of hydrogen-bond acceptors (Lipinski definition) is 23. The number of benzene rings is 5. The highest BCUT2D eigenvalue weighted by molar-refractivity contribution is 7.99. The van der Waals surface area contributed by atoms with Crippen molar-refractivity contribution in [3.8, 4) is 0 Å². The molecule has 2 fully saturated rings. The standard InChI is InChI=1S/C23H37N3O4.C22H37N3O3.C21H32N2O3.C18H23NO3S.C14H21NO3.C6H10O2S.C3H4O4/c1-7-8-14-19(15-26(17-27)30-16-18-12-10-9-11-13-18)21(28)24-20(23(2,3)4)22(29)25(5)6;1-7-8-14-18(15-23-28-16-17-12-10-9-11-13-17)20(26)24-19(22(2,3)4)21(27)25(5)6;1-6-7-13-17(15-22(4)5)19(24)23-18(21(2,3)26-20(23)25)14-16-11-9-8-10-12-16;1-5-23-12-13(2)16(20)19-15(18(3,4)22-17(19)21)11-14-9-7-6-8-10-14;1-2-3-9-13(14(16)17)10-15-18-11-12-7-5-4-6-8-12;1-3-9-4-5(2)6(7)8;4-2(5)1-3(6)7/h9-13,17,19-20H,7-8,14-16H2,1-6H3,(H,24,28);9-13,18-19,23H,7-8,14-16H2,1-6H3,(H,24,26);8-12,17-18H,6-7,13-15H2,1-5H3;6-10,15H,2,5,11-12H2,1,3-4H3;4-8,13,15H,2-3,9-11H2,1H3,(H,16,17);2-4H2,1H3,(H,7,8);1H2,(H,4,5)(H,6,7)/t19-,20-;18-,19-;17-,18+;15-;13-;;/m11101../s1. The molecule has 0 aliphatic carbocycles. The Morgan fingerprint density at radius 1 is 0.468 bits per heavy atom. The van der Waals surface area contributed by atoms with Crippen LogP contribution in [0, 0.1) is 34.5 Å². The number of nitrogens with zero attached hydrogens (tertiary/aromatic N) is 6. The van der Waals surface area contributed by atoms with Crippen LogP contribution in [0.2, 0.25) is 0 Å². The molecule has 0 saturated carbocycles. The highest BCUT2D eigenvalue weighted by Gasteiger charge is 2.53. The number of amides is 9. The maximum absolute atomic E-state index is 13.3. The lowest BCUT2D eigenvalue weighted by atomic mass is 9.85. The first-order valence-corrected chi connectivity index (χ1v) is 50.7. The number of hydrogen-bond donors (Lipinski definition) is 8. The van der Waals surface area contributed by atoms with Crippen LogP contribution >= 0.6 is 23.5 Å². The van der Waals surface area contributed by atoms with E-state index in [2.05, 4.69) is 55.5 Å². The Balaban J connectivity index is 0.000000852. The SMILES string of the molecule is C=C(CSCC)C(=O)N1C(=O)OC(C)(C)[C@@H]1Cc1ccccc1.C=C(CSCC)C(=O)O.CCCC[C@H](CN(C)C)C(=O)N1C(=O)OC(C)(C)[C@@H]1Cc1ccccc1.CCCC[C@H](CN(C=O)OCc1ccccc1)C(=O)N[C@H](C(=O)N(C)C)C(C)(C)C.CCCC[C@H](CNOCc1ccccc1)C(=O)N[C@H](C(=O)N(C)C)C(C)(C)C.CCCC[C@H](CNOCc1ccccc1)C(=O)O.O=C(O)CC(=O)O. The molecule has 9 amide bonds. The average molecular weight is 2010 g/mol. The van der Waals surface area contributed by atoms with E-state index in [4.69, 9.17) is 44.4 Å². The number of rotatable bonds is 52. The first-order chi connectivity index (χ1) is 66.4. The molecular weight excluding hydrogens is 1840 g/mol. The van der Waals surface area contributed by atoms with Crippen LogP contribution in [-0.2, 0) is 109 Å². The number of aliphatic carboxylic acids is 4. The Kier molecular flexibility index (Phi) is 62.8. The fourth-order valence-corrected chi connectivity index (χ4v) is 15.2. The molecule has 34 heteroatoms. The minimum Gasteiger partial charge on any atom is -0.481 e. The summed E-state index contributed by atoms with van der Waals surface area (Å²) < 4.78 is 11.0. The molecule has 8 N–H and O–H groups in total. The summed E-state index contributed by atoms with van der Waals surface area (Å²) in [5.74, 6) is -3.71. The predicted octanol–water partition coefficient (Wildman–Crippen LogP) is 17.0. The highest BCUT2D eigenvalue weighted by Crippen LogP contribution is 2.36. The highest BCUT2D eigenvalue weighted by atomic mass is 32.2. The van der Waals surface area contributed by atoms with E-state index < -0.39 is 77.1 Å². The molecule has 2 heterocycles. The summed E-state index contributed by atoms with van der Waals surface area (Å²) in [6.45, 7) is 41.3. The van der Waals surface area contributed by atoms with Gasteiger partial charge in [0.05, 0.1) is 55.5 Å². The smallest absolute Gasteiger partial charge is 0.417 e. The lowest BCUT2D eigenvalue weighted by molar-refractivity contribution is -0.182. The van der Waals surface area contributed by atoms with Gasteiger partial charge in [-0.05, 0) is 130 Å². The summed E-state index contributed by atoms with van der Waals surface area (Å²) in [4.78, 5) is 177. The molecule has 0 aromatic heterocycles. The number of carbonyl (C=O) groups is 13. The zero-order valence-electron chi connectivity index (χ0n) is 87.6. The van der Waals surface area contributed by atoms with Crippen LogP contribution in [0.3, 0.4) is 0 Å². The van der Waals surface area contributed by atoms with E-state index in [0.717, 1.165) is 104 Å². The number of likely N-dealkylation sites (N-methyl/N-ethyl adjacent to an activating group) is 2. The Bertz CT molecular complexity index is 4530. The van der Waals surface area contributed by atoms with Crippen LogP contribution in [-0.4, -0.2) is 255 Å². The molecule has 32 nitrogen and oxygen atoms in total. The number of imide groups is 2. The van der Waals surface area contributed by atoms with Crippen LogP contribution in [0.25, 0.3) is 0 Å². The molecule has 0 unspecified atom stereocenters. The molecule has 8 atom stereocenters. The van der Waals surface area contributed by atoms with Gasteiger partial charge in [0.15, 0.2) is 0 Å². The van der Waals surface area contributed by atoms with Crippen molar-refractivity contribution in [1.29, 1.82) is 0 Å². The fourth-order valence-electron chi connectivity index (χ4n) is 14.1. The maximum Gasteiger partial charge on any atom is 0.417 e. The van der Waals surface area contributed by atoms with Crippen molar-refractivity contribution in [2.24, 2.45) is 34.5 Å². The molecular formula is C107H164N10O22S2. The second-order valence-electron chi connectivity index (χ2n) is 38.2. The third kappa shape index (κ3) is 52.1.